The van der Waals surface area contributed by atoms with Gasteiger partial charge in [0.2, 0.25) is 0 Å². The lowest BCUT2D eigenvalue weighted by Gasteiger charge is -2.21. The molecule has 4 heteroatoms. The van der Waals surface area contributed by atoms with Crippen LogP contribution in [0, 0.1) is 13.8 Å². The summed E-state index contributed by atoms with van der Waals surface area (Å²) in [5.41, 5.74) is 2.08. The zero-order chi connectivity index (χ0) is 14.6. The van der Waals surface area contributed by atoms with Gasteiger partial charge in [-0.15, -0.1) is 0 Å². The van der Waals surface area contributed by atoms with Gasteiger partial charge in [0.05, 0.1) is 5.56 Å². The van der Waals surface area contributed by atoms with Gasteiger partial charge in [0.15, 0.2) is 12.9 Å². The van der Waals surface area contributed by atoms with Crippen LogP contribution in [0.5, 0.6) is 5.75 Å². The molecule has 1 N–H and O–H groups in total. The SMILES string of the molecule is Cc1ccc(C=O)c(OCC(=O)NC(C)(C)C)c1C. The number of aryl methyl sites for hydroxylation is 1. The molecule has 19 heavy (non-hydrogen) atoms. The summed E-state index contributed by atoms with van der Waals surface area (Å²) in [5.74, 6) is 0.282. The van der Waals surface area contributed by atoms with Crippen molar-refractivity contribution in [1.82, 2.24) is 5.32 Å². The molecular formula is C15H21NO3. The summed E-state index contributed by atoms with van der Waals surface area (Å²) in [5, 5.41) is 2.81. The van der Waals surface area contributed by atoms with Crippen molar-refractivity contribution in [3.05, 3.63) is 28.8 Å². The Balaban J connectivity index is 2.80. The summed E-state index contributed by atoms with van der Waals surface area (Å²) in [6.45, 7) is 9.42. The number of carbonyl (C=O) groups is 2. The molecule has 0 saturated heterocycles. The number of ether oxygens (including phenoxy) is 1. The molecule has 0 fully saturated rings. The highest BCUT2D eigenvalue weighted by atomic mass is 16.5. The molecule has 1 amide bonds. The number of rotatable bonds is 4. The predicted molar refractivity (Wildman–Crippen MR) is 74.7 cm³/mol. The summed E-state index contributed by atoms with van der Waals surface area (Å²) in [6.07, 6.45) is 0.740. The second-order valence-corrected chi connectivity index (χ2v) is 5.63. The highest BCUT2D eigenvalue weighted by Crippen LogP contribution is 2.25. The van der Waals surface area contributed by atoms with E-state index in [1.54, 1.807) is 6.07 Å². The third-order valence-corrected chi connectivity index (χ3v) is 2.70. The van der Waals surface area contributed by atoms with Crippen molar-refractivity contribution >= 4 is 12.2 Å². The first-order valence-electron chi connectivity index (χ1n) is 6.24. The fourth-order valence-corrected chi connectivity index (χ4v) is 1.69. The first kappa shape index (κ1) is 15.2. The quantitative estimate of drug-likeness (QED) is 0.849. The van der Waals surface area contributed by atoms with Crippen LogP contribution in [-0.4, -0.2) is 24.3 Å². The van der Waals surface area contributed by atoms with Crippen molar-refractivity contribution in [1.29, 1.82) is 0 Å². The number of hydrogen-bond donors (Lipinski definition) is 1. The minimum absolute atomic E-state index is 0.0948. The molecule has 0 spiro atoms. The molecule has 0 atom stereocenters. The third kappa shape index (κ3) is 4.39. The van der Waals surface area contributed by atoms with E-state index in [9.17, 15) is 9.59 Å². The first-order chi connectivity index (χ1) is 8.74. The Bertz CT molecular complexity index is 487. The van der Waals surface area contributed by atoms with E-state index in [-0.39, 0.29) is 18.1 Å². The second-order valence-electron chi connectivity index (χ2n) is 5.63. The second kappa shape index (κ2) is 5.87. The van der Waals surface area contributed by atoms with Gasteiger partial charge in [0, 0.05) is 5.54 Å². The van der Waals surface area contributed by atoms with Crippen LogP contribution in [0.15, 0.2) is 12.1 Å². The number of amides is 1. The van der Waals surface area contributed by atoms with Gasteiger partial charge in [-0.25, -0.2) is 0 Å². The van der Waals surface area contributed by atoms with E-state index in [1.165, 1.54) is 0 Å². The number of benzene rings is 1. The number of hydrogen-bond acceptors (Lipinski definition) is 3. The van der Waals surface area contributed by atoms with Gasteiger partial charge in [-0.3, -0.25) is 9.59 Å². The van der Waals surface area contributed by atoms with Gasteiger partial charge in [0.1, 0.15) is 5.75 Å². The van der Waals surface area contributed by atoms with Crippen molar-refractivity contribution in [2.75, 3.05) is 6.61 Å². The van der Waals surface area contributed by atoms with Crippen LogP contribution in [0.2, 0.25) is 0 Å². The fraction of sp³-hybridized carbons (Fsp3) is 0.467. The number of nitrogens with one attached hydrogen (secondary N) is 1. The minimum atomic E-state index is -0.296. The Labute approximate surface area is 114 Å². The predicted octanol–water partition coefficient (Wildman–Crippen LogP) is 2.41. The van der Waals surface area contributed by atoms with Gasteiger partial charge in [-0.2, -0.15) is 0 Å². The zero-order valence-electron chi connectivity index (χ0n) is 12.2. The molecule has 1 aromatic rings. The summed E-state index contributed by atoms with van der Waals surface area (Å²) < 4.78 is 5.50. The topological polar surface area (TPSA) is 55.4 Å². The largest absolute Gasteiger partial charge is 0.483 e. The van der Waals surface area contributed by atoms with Crippen molar-refractivity contribution in [3.63, 3.8) is 0 Å². The molecule has 0 aliphatic heterocycles. The Morgan fingerprint density at radius 3 is 2.47 bits per heavy atom. The monoisotopic (exact) mass is 263 g/mol. The maximum atomic E-state index is 11.7. The summed E-state index contributed by atoms with van der Waals surface area (Å²) in [7, 11) is 0. The smallest absolute Gasteiger partial charge is 0.258 e. The number of aldehydes is 1. The molecule has 0 radical (unpaired) electrons. The molecule has 0 aromatic heterocycles. The van der Waals surface area contributed by atoms with Gasteiger partial charge in [0.25, 0.3) is 5.91 Å². The standard InChI is InChI=1S/C15H21NO3/c1-10-6-7-12(8-17)14(11(10)2)19-9-13(18)16-15(3,4)5/h6-8H,9H2,1-5H3,(H,16,18). The molecule has 4 nitrogen and oxygen atoms in total. The molecule has 104 valence electrons. The lowest BCUT2D eigenvalue weighted by molar-refractivity contribution is -0.124. The van der Waals surface area contributed by atoms with E-state index in [4.69, 9.17) is 4.74 Å². The van der Waals surface area contributed by atoms with Crippen LogP contribution in [0.25, 0.3) is 0 Å². The van der Waals surface area contributed by atoms with Gasteiger partial charge < -0.3 is 10.1 Å². The molecule has 0 aliphatic rings. The summed E-state index contributed by atoms with van der Waals surface area (Å²) >= 11 is 0. The maximum Gasteiger partial charge on any atom is 0.258 e. The summed E-state index contributed by atoms with van der Waals surface area (Å²) in [6, 6.07) is 3.56. The molecular weight excluding hydrogens is 242 g/mol. The lowest BCUT2D eigenvalue weighted by Crippen LogP contribution is -2.43. The van der Waals surface area contributed by atoms with Crippen molar-refractivity contribution in [2.24, 2.45) is 0 Å². The molecule has 0 saturated carbocycles. The highest BCUT2D eigenvalue weighted by molar-refractivity contribution is 5.82. The normalized spacial score (nSPS) is 11.0. The molecule has 1 aromatic carbocycles. The molecule has 0 aliphatic carbocycles. The minimum Gasteiger partial charge on any atom is -0.483 e. The van der Waals surface area contributed by atoms with Crippen LogP contribution in [0.1, 0.15) is 42.3 Å². The van der Waals surface area contributed by atoms with Crippen LogP contribution < -0.4 is 10.1 Å². The Morgan fingerprint density at radius 1 is 1.32 bits per heavy atom. The van der Waals surface area contributed by atoms with Gasteiger partial charge in [-0.05, 0) is 51.8 Å². The summed E-state index contributed by atoms with van der Waals surface area (Å²) in [4.78, 5) is 22.7. The van der Waals surface area contributed by atoms with Crippen LogP contribution in [0.3, 0.4) is 0 Å². The van der Waals surface area contributed by atoms with Crippen molar-refractivity contribution < 1.29 is 14.3 Å². The zero-order valence-corrected chi connectivity index (χ0v) is 12.2. The van der Waals surface area contributed by atoms with Crippen molar-refractivity contribution in [3.8, 4) is 5.75 Å². The van der Waals surface area contributed by atoms with E-state index in [0.717, 1.165) is 17.4 Å². The van der Waals surface area contributed by atoms with E-state index in [0.29, 0.717) is 11.3 Å². The van der Waals surface area contributed by atoms with E-state index >= 15 is 0 Å². The molecule has 0 unspecified atom stereocenters. The van der Waals surface area contributed by atoms with E-state index in [1.807, 2.05) is 40.7 Å². The lowest BCUT2D eigenvalue weighted by atomic mass is 10.1. The van der Waals surface area contributed by atoms with Crippen molar-refractivity contribution in [2.45, 2.75) is 40.2 Å². The Morgan fingerprint density at radius 2 is 1.95 bits per heavy atom. The van der Waals surface area contributed by atoms with Gasteiger partial charge in [-0.1, -0.05) is 6.07 Å². The van der Waals surface area contributed by atoms with Crippen LogP contribution >= 0.6 is 0 Å². The molecule has 0 bridgehead atoms. The molecule has 1 rings (SSSR count). The number of carbonyl (C=O) groups excluding carboxylic acids is 2. The van der Waals surface area contributed by atoms with Gasteiger partial charge >= 0.3 is 0 Å². The average Bonchev–Trinajstić information content (AvgIpc) is 2.28. The Hall–Kier alpha value is -1.84. The van der Waals surface area contributed by atoms with E-state index < -0.39 is 0 Å². The van der Waals surface area contributed by atoms with E-state index in [2.05, 4.69) is 5.32 Å². The Kier molecular flexibility index (Phi) is 4.70. The first-order valence-corrected chi connectivity index (χ1v) is 6.24. The highest BCUT2D eigenvalue weighted by Gasteiger charge is 2.15. The van der Waals surface area contributed by atoms with Crippen LogP contribution in [-0.2, 0) is 4.79 Å². The van der Waals surface area contributed by atoms with Crippen LogP contribution in [0.4, 0.5) is 0 Å². The average molecular weight is 263 g/mol. The maximum absolute atomic E-state index is 11.7. The third-order valence-electron chi connectivity index (χ3n) is 2.70. The molecule has 0 heterocycles. The fourth-order valence-electron chi connectivity index (χ4n) is 1.69.